The van der Waals surface area contributed by atoms with E-state index in [0.29, 0.717) is 0 Å². The normalized spacial score (nSPS) is 16.9. The van der Waals surface area contributed by atoms with Crippen molar-refractivity contribution in [2.75, 3.05) is 0 Å². The molecule has 4 heteroatoms. The summed E-state index contributed by atoms with van der Waals surface area (Å²) in [6.45, 7) is 9.18. The summed E-state index contributed by atoms with van der Waals surface area (Å²) in [7, 11) is 17.8. The summed E-state index contributed by atoms with van der Waals surface area (Å²) < 4.78 is 0.924. The van der Waals surface area contributed by atoms with Crippen molar-refractivity contribution in [3.05, 3.63) is 220 Å². The van der Waals surface area contributed by atoms with Crippen molar-refractivity contribution < 1.29 is 16.4 Å². The predicted molar refractivity (Wildman–Crippen MR) is 277 cm³/mol. The topological polar surface area (TPSA) is 0 Å². The van der Waals surface area contributed by atoms with Crippen LogP contribution in [0.5, 0.6) is 0 Å². The van der Waals surface area contributed by atoms with Gasteiger partial charge in [-0.3, -0.25) is 0 Å². The first-order valence-electron chi connectivity index (χ1n) is 23.0. The molecule has 8 aromatic carbocycles. The second kappa shape index (κ2) is 16.1. The van der Waals surface area contributed by atoms with E-state index in [1.807, 2.05) is 0 Å². The van der Waals surface area contributed by atoms with E-state index in [4.69, 9.17) is 0 Å². The Morgan fingerprint density at radius 2 is 0.875 bits per heavy atom. The number of hydrogen-bond donors (Lipinski definition) is 0. The quantitative estimate of drug-likeness (QED) is 0.126. The molecule has 0 bridgehead atoms. The number of fused-ring (bicyclic) bond motifs is 5. The van der Waals surface area contributed by atoms with Gasteiger partial charge < -0.3 is 0 Å². The molecule has 0 saturated heterocycles. The van der Waals surface area contributed by atoms with Crippen LogP contribution in [0.4, 0.5) is 0 Å². The minimum atomic E-state index is -5.70. The van der Waals surface area contributed by atoms with E-state index in [0.717, 1.165) is 12.8 Å². The molecule has 1 heterocycles. The van der Waals surface area contributed by atoms with E-state index in [1.54, 1.807) is 0 Å². The molecule has 0 aromatic heterocycles. The fourth-order valence-electron chi connectivity index (χ4n) is 12.1. The van der Waals surface area contributed by atoms with Crippen molar-refractivity contribution in [3.8, 4) is 55.6 Å². The molecule has 2 aliphatic carbocycles. The van der Waals surface area contributed by atoms with Crippen LogP contribution in [0.15, 0.2) is 187 Å². The van der Waals surface area contributed by atoms with Crippen LogP contribution in [0.3, 0.4) is 0 Å². The van der Waals surface area contributed by atoms with Crippen molar-refractivity contribution in [2.45, 2.75) is 47.8 Å². The molecule has 3 aliphatic rings. The Balaban J connectivity index is 1.22. The van der Waals surface area contributed by atoms with E-state index in [1.165, 1.54) is 114 Å². The Labute approximate surface area is 389 Å². The average Bonchev–Trinajstić information content (AvgIpc) is 4.01. The van der Waals surface area contributed by atoms with Gasteiger partial charge >= 0.3 is 393 Å². The Kier molecular flexibility index (Phi) is 10.5. The fourth-order valence-corrected chi connectivity index (χ4v) is 40.9. The van der Waals surface area contributed by atoms with Crippen molar-refractivity contribution in [1.82, 2.24) is 0 Å². The van der Waals surface area contributed by atoms with Gasteiger partial charge in [-0.1, -0.05) is 0 Å². The zero-order valence-corrected chi connectivity index (χ0v) is 42.3. The van der Waals surface area contributed by atoms with Crippen LogP contribution < -0.4 is 13.6 Å². The molecule has 0 saturated carbocycles. The summed E-state index contributed by atoms with van der Waals surface area (Å²) >= 11 is -5.70. The van der Waals surface area contributed by atoms with E-state index in [2.05, 4.69) is 216 Å². The van der Waals surface area contributed by atoms with Crippen LogP contribution >= 0.6 is 17.0 Å². The summed E-state index contributed by atoms with van der Waals surface area (Å²) in [5.41, 5.74) is 23.0. The molecule has 0 fully saturated rings. The van der Waals surface area contributed by atoms with Crippen LogP contribution in [0, 0.1) is 0 Å². The fraction of sp³-hybridized carbons (Fsp3) is 0.133. The molecule has 2 atom stereocenters. The predicted octanol–water partition coefficient (Wildman–Crippen LogP) is 14.5. The molecular formula is C60H51Cl2SiZr. The minimum absolute atomic E-state index is 0.166. The maximum atomic E-state index is 9.35. The van der Waals surface area contributed by atoms with Gasteiger partial charge in [-0.2, -0.15) is 0 Å². The van der Waals surface area contributed by atoms with E-state index in [-0.39, 0.29) is 7.25 Å². The van der Waals surface area contributed by atoms with Crippen LogP contribution in [-0.2, 0) is 29.2 Å². The Bertz CT molecular complexity index is 3070. The maximum absolute atomic E-state index is 9.35. The third-order valence-corrected chi connectivity index (χ3v) is 38.0. The van der Waals surface area contributed by atoms with Crippen molar-refractivity contribution >= 4 is 52.3 Å². The Hall–Kier alpha value is -5.08. The monoisotopic (exact) mass is 959 g/mol. The first kappa shape index (κ1) is 41.6. The molecule has 0 N–H and O–H groups in total. The standard InChI is InChI=1S/2C24H21.C12H9Si.2ClH.Zr/c2*1-3-18-9-7-8-12-21(18)24-22(19-10-5-4-6-11-19)14-13-20-15-17(2)16-23(20)24;1-3-7-11-9(5-1)10-6-2-4-8-12(10)13-11;;;/h2*4-16H,3H2,1-2H3;1-7H,13H2;2*1H;/q;;;;;+2/p-2. The van der Waals surface area contributed by atoms with Crippen molar-refractivity contribution in [3.63, 3.8) is 0 Å². The molecule has 8 aromatic rings. The number of halogens is 2. The molecule has 2 unspecified atom stereocenters. The molecular weight excluding hydrogens is 911 g/mol. The summed E-state index contributed by atoms with van der Waals surface area (Å²) in [6.07, 6.45) is 6.82. The molecule has 313 valence electrons. The number of benzene rings is 8. The van der Waals surface area contributed by atoms with Crippen LogP contribution in [0.2, 0.25) is 0 Å². The molecule has 1 aliphatic heterocycles. The van der Waals surface area contributed by atoms with Gasteiger partial charge in [-0.15, -0.1) is 0 Å². The molecule has 0 amide bonds. The van der Waals surface area contributed by atoms with Crippen molar-refractivity contribution in [2.24, 2.45) is 0 Å². The Morgan fingerprint density at radius 1 is 0.438 bits per heavy atom. The average molecular weight is 962 g/mol. The van der Waals surface area contributed by atoms with Crippen molar-refractivity contribution in [1.29, 1.82) is 0 Å². The van der Waals surface area contributed by atoms with Gasteiger partial charge in [0.1, 0.15) is 0 Å². The van der Waals surface area contributed by atoms with Crippen LogP contribution in [-0.4, -0.2) is 9.52 Å². The zero-order chi connectivity index (χ0) is 43.8. The SMILES string of the molecule is CCc1ccccc1-c1c(-c2ccccc2)ccc2c1C=C(C)[CH]2[Zr]([Cl])([Cl])([c]1cccc2c1[SiH2]c1ccccc1-2)[CH]1C(C)=Cc2c1ccc(-c1ccccc1)c2-c1ccccc1CC. The summed E-state index contributed by atoms with van der Waals surface area (Å²) in [4.78, 5) is 0. The second-order valence-electron chi connectivity index (χ2n) is 18.2. The van der Waals surface area contributed by atoms with Gasteiger partial charge in [0.05, 0.1) is 0 Å². The summed E-state index contributed by atoms with van der Waals surface area (Å²) in [6, 6.07) is 65.3. The number of allylic oxidation sites excluding steroid dienone is 2. The molecule has 64 heavy (non-hydrogen) atoms. The number of aryl methyl sites for hydroxylation is 2. The van der Waals surface area contributed by atoms with Gasteiger partial charge in [-0.25, -0.2) is 0 Å². The molecule has 0 spiro atoms. The summed E-state index contributed by atoms with van der Waals surface area (Å²) in [5, 5.41) is 2.92. The molecule has 0 nitrogen and oxygen atoms in total. The van der Waals surface area contributed by atoms with E-state index < -0.39 is 25.9 Å². The zero-order valence-electron chi connectivity index (χ0n) is 36.9. The van der Waals surface area contributed by atoms with Gasteiger partial charge in [0, 0.05) is 0 Å². The molecule has 0 radical (unpaired) electrons. The van der Waals surface area contributed by atoms with Crippen LogP contribution in [0.25, 0.3) is 67.8 Å². The Morgan fingerprint density at radius 3 is 1.38 bits per heavy atom. The second-order valence-corrected chi connectivity index (χ2v) is 40.6. The summed E-state index contributed by atoms with van der Waals surface area (Å²) in [5.74, 6) is 0. The van der Waals surface area contributed by atoms with Gasteiger partial charge in [-0.05, 0) is 0 Å². The van der Waals surface area contributed by atoms with Crippen LogP contribution in [0.1, 0.15) is 68.3 Å². The van der Waals surface area contributed by atoms with E-state index in [9.17, 15) is 17.0 Å². The number of rotatable bonds is 9. The third kappa shape index (κ3) is 6.31. The number of hydrogen-bond acceptors (Lipinski definition) is 0. The van der Waals surface area contributed by atoms with Gasteiger partial charge in [0.2, 0.25) is 0 Å². The van der Waals surface area contributed by atoms with E-state index >= 15 is 0 Å². The third-order valence-electron chi connectivity index (χ3n) is 14.8. The van der Waals surface area contributed by atoms with Gasteiger partial charge in [0.15, 0.2) is 0 Å². The molecule has 11 rings (SSSR count). The first-order chi connectivity index (χ1) is 31.2. The van der Waals surface area contributed by atoms with Gasteiger partial charge in [0.25, 0.3) is 0 Å². The first-order valence-corrected chi connectivity index (χ1v) is 34.8.